The maximum absolute atomic E-state index is 15.0. The summed E-state index contributed by atoms with van der Waals surface area (Å²) in [6.45, 7) is 2.61. The molecule has 1 N–H and O–H groups in total. The van der Waals surface area contributed by atoms with Gasteiger partial charge in [0.2, 0.25) is 0 Å². The van der Waals surface area contributed by atoms with E-state index in [2.05, 4.69) is 5.32 Å². The van der Waals surface area contributed by atoms with Crippen molar-refractivity contribution in [3.8, 4) is 0 Å². The molecule has 3 heterocycles. The van der Waals surface area contributed by atoms with E-state index in [-0.39, 0.29) is 24.4 Å². The van der Waals surface area contributed by atoms with Crippen LogP contribution in [0, 0.1) is 5.82 Å². The molecule has 3 atom stereocenters. The van der Waals surface area contributed by atoms with E-state index in [0.717, 1.165) is 23.4 Å². The Kier molecular flexibility index (Phi) is 6.17. The van der Waals surface area contributed by atoms with Gasteiger partial charge in [-0.05, 0) is 43.7 Å². The normalized spacial score (nSPS) is 25.2. The lowest BCUT2D eigenvalue weighted by Gasteiger charge is -2.36. The molecule has 1 saturated heterocycles. The number of carbonyl (C=O) groups excluding carboxylic acids is 2. The van der Waals surface area contributed by atoms with Crippen LogP contribution in [-0.4, -0.2) is 31.1 Å². The van der Waals surface area contributed by atoms with Gasteiger partial charge in [0.15, 0.2) is 5.78 Å². The first-order valence-corrected chi connectivity index (χ1v) is 12.2. The molecule has 1 aromatic carbocycles. The minimum Gasteiger partial charge on any atom is -0.459 e. The van der Waals surface area contributed by atoms with Crippen molar-refractivity contribution in [3.63, 3.8) is 0 Å². The first kappa shape index (κ1) is 22.0. The quantitative estimate of drug-likeness (QED) is 0.629. The molecule has 1 aromatic heterocycles. The molecule has 0 radical (unpaired) electrons. The molecule has 0 amide bonds. The Hall–Kier alpha value is -2.77. The van der Waals surface area contributed by atoms with Crippen LogP contribution in [0.25, 0.3) is 0 Å². The third-order valence-electron chi connectivity index (χ3n) is 6.63. The Morgan fingerprint density at radius 3 is 2.82 bits per heavy atom. The molecule has 5 nitrogen and oxygen atoms in total. The van der Waals surface area contributed by atoms with Crippen molar-refractivity contribution in [2.75, 3.05) is 13.2 Å². The van der Waals surface area contributed by atoms with Crippen molar-refractivity contribution in [1.82, 2.24) is 5.32 Å². The smallest absolute Gasteiger partial charge is 0.336 e. The van der Waals surface area contributed by atoms with Gasteiger partial charge in [-0.2, -0.15) is 0 Å². The SMILES string of the molecule is CC1=C(C(=O)OC[C@@H]2CCCO2)[C@@H](c2ccccc2F)C2=C(C[C@@H](c3cccs3)CC2=O)N1. The van der Waals surface area contributed by atoms with E-state index < -0.39 is 17.7 Å². The highest BCUT2D eigenvalue weighted by atomic mass is 32.1. The Morgan fingerprint density at radius 1 is 1.24 bits per heavy atom. The van der Waals surface area contributed by atoms with Crippen molar-refractivity contribution in [2.24, 2.45) is 0 Å². The summed E-state index contributed by atoms with van der Waals surface area (Å²) in [7, 11) is 0. The zero-order valence-corrected chi connectivity index (χ0v) is 19.3. The number of dihydropyridines is 1. The number of hydrogen-bond donors (Lipinski definition) is 1. The number of thiophene rings is 1. The molecule has 7 heteroatoms. The summed E-state index contributed by atoms with van der Waals surface area (Å²) in [5, 5.41) is 5.31. The van der Waals surface area contributed by atoms with Crippen LogP contribution in [0.3, 0.4) is 0 Å². The van der Waals surface area contributed by atoms with Gasteiger partial charge in [-0.25, -0.2) is 9.18 Å². The maximum Gasteiger partial charge on any atom is 0.336 e. The van der Waals surface area contributed by atoms with Crippen LogP contribution in [0.2, 0.25) is 0 Å². The second-order valence-corrected chi connectivity index (χ2v) is 9.77. The summed E-state index contributed by atoms with van der Waals surface area (Å²) in [5.74, 6) is -1.76. The van der Waals surface area contributed by atoms with E-state index in [1.54, 1.807) is 36.5 Å². The Bertz CT molecular complexity index is 1130. The minimum absolute atomic E-state index is 0.0627. The van der Waals surface area contributed by atoms with Crippen molar-refractivity contribution < 1.29 is 23.5 Å². The van der Waals surface area contributed by atoms with E-state index in [4.69, 9.17) is 9.47 Å². The molecular weight excluding hydrogens is 441 g/mol. The van der Waals surface area contributed by atoms with Gasteiger partial charge in [0.1, 0.15) is 12.4 Å². The lowest BCUT2D eigenvalue weighted by Crippen LogP contribution is -2.36. The third-order valence-corrected chi connectivity index (χ3v) is 7.67. The predicted molar refractivity (Wildman–Crippen MR) is 123 cm³/mol. The number of nitrogens with one attached hydrogen (secondary N) is 1. The highest BCUT2D eigenvalue weighted by Gasteiger charge is 2.42. The molecule has 3 aliphatic rings. The van der Waals surface area contributed by atoms with E-state index in [1.807, 2.05) is 17.5 Å². The molecule has 0 unspecified atom stereocenters. The third kappa shape index (κ3) is 4.27. The first-order chi connectivity index (χ1) is 16.0. The molecule has 33 heavy (non-hydrogen) atoms. The highest BCUT2D eigenvalue weighted by Crippen LogP contribution is 2.46. The second kappa shape index (κ2) is 9.23. The number of carbonyl (C=O) groups is 2. The topological polar surface area (TPSA) is 64.6 Å². The molecule has 0 bridgehead atoms. The summed E-state index contributed by atoms with van der Waals surface area (Å²) in [4.78, 5) is 27.9. The second-order valence-electron chi connectivity index (χ2n) is 8.79. The number of allylic oxidation sites excluding steroid dienone is 3. The van der Waals surface area contributed by atoms with Crippen LogP contribution >= 0.6 is 11.3 Å². The average Bonchev–Trinajstić information content (AvgIpc) is 3.51. The number of hydrogen-bond acceptors (Lipinski definition) is 6. The van der Waals surface area contributed by atoms with Crippen LogP contribution in [0.15, 0.2) is 64.3 Å². The van der Waals surface area contributed by atoms with E-state index in [0.29, 0.717) is 41.9 Å². The largest absolute Gasteiger partial charge is 0.459 e. The Balaban J connectivity index is 1.51. The summed E-state index contributed by atoms with van der Waals surface area (Å²) in [6, 6.07) is 10.4. The lowest BCUT2D eigenvalue weighted by molar-refractivity contribution is -0.142. The molecule has 0 saturated carbocycles. The molecule has 1 aliphatic carbocycles. The maximum atomic E-state index is 15.0. The van der Waals surface area contributed by atoms with Crippen LogP contribution in [0.1, 0.15) is 54.9 Å². The summed E-state index contributed by atoms with van der Waals surface area (Å²) < 4.78 is 26.2. The predicted octanol–water partition coefficient (Wildman–Crippen LogP) is 4.97. The first-order valence-electron chi connectivity index (χ1n) is 11.3. The van der Waals surface area contributed by atoms with Crippen molar-refractivity contribution in [1.29, 1.82) is 0 Å². The standard InChI is InChI=1S/C26H26FNO4S/c1-15-23(26(30)32-14-17-6-4-10-31-17)24(18-7-2-3-8-19(18)27)25-20(28-15)12-16(13-21(25)29)22-9-5-11-33-22/h2-3,5,7-9,11,16-17,24,28H,4,6,10,12-14H2,1H3/t16-,17+,24-/m1/s1. The Morgan fingerprint density at radius 2 is 2.09 bits per heavy atom. The van der Waals surface area contributed by atoms with Gasteiger partial charge in [-0.15, -0.1) is 11.3 Å². The van der Waals surface area contributed by atoms with Gasteiger partial charge in [-0.3, -0.25) is 4.79 Å². The van der Waals surface area contributed by atoms with Gasteiger partial charge in [0.25, 0.3) is 0 Å². The van der Waals surface area contributed by atoms with Gasteiger partial charge in [0.05, 0.1) is 17.6 Å². The molecule has 2 aliphatic heterocycles. The monoisotopic (exact) mass is 467 g/mol. The average molecular weight is 468 g/mol. The van der Waals surface area contributed by atoms with E-state index >= 15 is 4.39 Å². The van der Waals surface area contributed by atoms with Crippen molar-refractivity contribution in [2.45, 2.75) is 50.5 Å². The van der Waals surface area contributed by atoms with Gasteiger partial charge in [0, 0.05) is 46.4 Å². The van der Waals surface area contributed by atoms with Crippen molar-refractivity contribution in [3.05, 3.63) is 80.6 Å². The number of Topliss-reactive ketones (excluding diaryl/α,β-unsaturated/α-hetero) is 1. The zero-order chi connectivity index (χ0) is 22.9. The summed E-state index contributed by atoms with van der Waals surface area (Å²) >= 11 is 1.63. The molecule has 1 fully saturated rings. The van der Waals surface area contributed by atoms with E-state index in [1.165, 1.54) is 6.07 Å². The number of ether oxygens (including phenoxy) is 2. The fraction of sp³-hybridized carbons (Fsp3) is 0.385. The van der Waals surface area contributed by atoms with Gasteiger partial charge in [-0.1, -0.05) is 24.3 Å². The molecule has 5 rings (SSSR count). The Labute approximate surface area is 196 Å². The van der Waals surface area contributed by atoms with E-state index in [9.17, 15) is 9.59 Å². The minimum atomic E-state index is -0.795. The zero-order valence-electron chi connectivity index (χ0n) is 18.4. The van der Waals surface area contributed by atoms with Crippen LogP contribution in [0.4, 0.5) is 4.39 Å². The van der Waals surface area contributed by atoms with Crippen LogP contribution in [0.5, 0.6) is 0 Å². The lowest BCUT2D eigenvalue weighted by atomic mass is 9.72. The number of esters is 1. The fourth-order valence-corrected chi connectivity index (χ4v) is 5.91. The number of halogens is 1. The number of rotatable bonds is 5. The summed E-state index contributed by atoms with van der Waals surface area (Å²) in [6.07, 6.45) is 2.65. The van der Waals surface area contributed by atoms with Crippen molar-refractivity contribution >= 4 is 23.1 Å². The van der Waals surface area contributed by atoms with Crippen LogP contribution < -0.4 is 5.32 Å². The number of benzene rings is 1. The molecular formula is C26H26FNO4S. The molecule has 0 spiro atoms. The van der Waals surface area contributed by atoms with Gasteiger partial charge < -0.3 is 14.8 Å². The molecule has 172 valence electrons. The van der Waals surface area contributed by atoms with Crippen LogP contribution in [-0.2, 0) is 19.1 Å². The fourth-order valence-electron chi connectivity index (χ4n) is 5.08. The van der Waals surface area contributed by atoms with Gasteiger partial charge >= 0.3 is 5.97 Å². The molecule has 2 aromatic rings. The highest BCUT2D eigenvalue weighted by molar-refractivity contribution is 7.10. The number of ketones is 1. The summed E-state index contributed by atoms with van der Waals surface area (Å²) in [5.41, 5.74) is 2.45.